The zero-order chi connectivity index (χ0) is 13.1. The minimum Gasteiger partial charge on any atom is -0.481 e. The summed E-state index contributed by atoms with van der Waals surface area (Å²) in [6.45, 7) is 2.77. The summed E-state index contributed by atoms with van der Waals surface area (Å²) in [7, 11) is -3.45. The number of rotatable bonds is 5. The molecule has 1 heterocycles. The van der Waals surface area contributed by atoms with Crippen LogP contribution in [0.4, 0.5) is 0 Å². The molecule has 7 heteroatoms. The lowest BCUT2D eigenvalue weighted by Gasteiger charge is -2.33. The summed E-state index contributed by atoms with van der Waals surface area (Å²) < 4.78 is 25.1. The standard InChI is InChI=1S/C10H20N2O4S/c1-8(11)9-3-2-5-12(7-9)17(15,16)6-4-10(13)14/h8-9H,2-7,11H2,1H3,(H,13,14). The van der Waals surface area contributed by atoms with Gasteiger partial charge in [0.2, 0.25) is 10.0 Å². The summed E-state index contributed by atoms with van der Waals surface area (Å²) in [5, 5.41) is 8.51. The van der Waals surface area contributed by atoms with Crippen molar-refractivity contribution in [2.24, 2.45) is 11.7 Å². The van der Waals surface area contributed by atoms with Gasteiger partial charge in [-0.05, 0) is 25.7 Å². The molecule has 17 heavy (non-hydrogen) atoms. The molecule has 6 nitrogen and oxygen atoms in total. The van der Waals surface area contributed by atoms with Crippen molar-refractivity contribution in [3.8, 4) is 0 Å². The van der Waals surface area contributed by atoms with Crippen LogP contribution in [-0.2, 0) is 14.8 Å². The average Bonchev–Trinajstić information content (AvgIpc) is 2.27. The molecule has 1 fully saturated rings. The maximum Gasteiger partial charge on any atom is 0.304 e. The Bertz CT molecular complexity index is 367. The number of carboxylic acid groups (broad SMARTS) is 1. The van der Waals surface area contributed by atoms with Crippen LogP contribution in [0.1, 0.15) is 26.2 Å². The van der Waals surface area contributed by atoms with Crippen molar-refractivity contribution in [2.75, 3.05) is 18.8 Å². The van der Waals surface area contributed by atoms with Crippen molar-refractivity contribution < 1.29 is 18.3 Å². The second-order valence-corrected chi connectivity index (χ2v) is 6.67. The van der Waals surface area contributed by atoms with Gasteiger partial charge in [-0.2, -0.15) is 0 Å². The van der Waals surface area contributed by atoms with E-state index in [0.717, 1.165) is 12.8 Å². The summed E-state index contributed by atoms with van der Waals surface area (Å²) in [5.74, 6) is -1.24. The van der Waals surface area contributed by atoms with Gasteiger partial charge < -0.3 is 10.8 Å². The molecule has 0 aliphatic carbocycles. The first kappa shape index (κ1) is 14.4. The third-order valence-corrected chi connectivity index (χ3v) is 4.97. The van der Waals surface area contributed by atoms with Gasteiger partial charge in [-0.3, -0.25) is 4.79 Å². The second kappa shape index (κ2) is 5.79. The summed E-state index contributed by atoms with van der Waals surface area (Å²) in [6, 6.07) is -0.0347. The zero-order valence-electron chi connectivity index (χ0n) is 10.0. The van der Waals surface area contributed by atoms with Crippen LogP contribution in [-0.4, -0.2) is 48.7 Å². The predicted octanol–water partition coefficient (Wildman–Crippen LogP) is -0.150. The Labute approximate surface area is 102 Å². The second-order valence-electron chi connectivity index (χ2n) is 4.58. The summed E-state index contributed by atoms with van der Waals surface area (Å²) in [5.41, 5.74) is 5.78. The van der Waals surface area contributed by atoms with Crippen LogP contribution in [0.3, 0.4) is 0 Å². The Hall–Kier alpha value is -0.660. The van der Waals surface area contributed by atoms with Gasteiger partial charge in [0.15, 0.2) is 0 Å². The first-order valence-electron chi connectivity index (χ1n) is 5.78. The van der Waals surface area contributed by atoms with Crippen LogP contribution in [0.15, 0.2) is 0 Å². The third kappa shape index (κ3) is 4.25. The topological polar surface area (TPSA) is 101 Å². The van der Waals surface area contributed by atoms with Crippen LogP contribution in [0, 0.1) is 5.92 Å². The van der Waals surface area contributed by atoms with E-state index in [1.807, 2.05) is 6.92 Å². The molecule has 1 aliphatic heterocycles. The first-order chi connectivity index (χ1) is 7.83. The fourth-order valence-electron chi connectivity index (χ4n) is 2.00. The normalized spacial score (nSPS) is 24.5. The van der Waals surface area contributed by atoms with Gasteiger partial charge in [-0.25, -0.2) is 12.7 Å². The lowest BCUT2D eigenvalue weighted by molar-refractivity contribution is -0.136. The highest BCUT2D eigenvalue weighted by Crippen LogP contribution is 2.21. The van der Waals surface area contributed by atoms with Gasteiger partial charge >= 0.3 is 5.97 Å². The van der Waals surface area contributed by atoms with E-state index >= 15 is 0 Å². The number of carboxylic acids is 1. The molecule has 0 amide bonds. The molecule has 0 radical (unpaired) electrons. The Morgan fingerprint density at radius 3 is 2.76 bits per heavy atom. The average molecular weight is 264 g/mol. The fraction of sp³-hybridized carbons (Fsp3) is 0.900. The molecule has 1 aliphatic rings. The van der Waals surface area contributed by atoms with E-state index in [4.69, 9.17) is 10.8 Å². The van der Waals surface area contributed by atoms with E-state index in [9.17, 15) is 13.2 Å². The number of piperidine rings is 1. The summed E-state index contributed by atoms with van der Waals surface area (Å²) in [4.78, 5) is 10.4. The van der Waals surface area contributed by atoms with Crippen LogP contribution in [0.25, 0.3) is 0 Å². The minimum atomic E-state index is -3.45. The number of hydrogen-bond donors (Lipinski definition) is 2. The Morgan fingerprint density at radius 2 is 2.24 bits per heavy atom. The van der Waals surface area contributed by atoms with Crippen molar-refractivity contribution in [3.05, 3.63) is 0 Å². The molecule has 0 aromatic heterocycles. The Kier molecular flexibility index (Phi) is 4.91. The first-order valence-corrected chi connectivity index (χ1v) is 7.39. The lowest BCUT2D eigenvalue weighted by atomic mass is 9.93. The number of carbonyl (C=O) groups is 1. The molecule has 2 unspecified atom stereocenters. The maximum atomic E-state index is 11.9. The Morgan fingerprint density at radius 1 is 1.59 bits per heavy atom. The van der Waals surface area contributed by atoms with E-state index in [-0.39, 0.29) is 24.1 Å². The van der Waals surface area contributed by atoms with Crippen LogP contribution in [0.2, 0.25) is 0 Å². The Balaban J connectivity index is 2.61. The molecular formula is C10H20N2O4S. The van der Waals surface area contributed by atoms with Crippen LogP contribution in [0.5, 0.6) is 0 Å². The van der Waals surface area contributed by atoms with Gasteiger partial charge in [-0.15, -0.1) is 0 Å². The molecule has 3 N–H and O–H groups in total. The van der Waals surface area contributed by atoms with Crippen LogP contribution >= 0.6 is 0 Å². The van der Waals surface area contributed by atoms with Gasteiger partial charge in [0.25, 0.3) is 0 Å². The van der Waals surface area contributed by atoms with Gasteiger partial charge in [0, 0.05) is 19.1 Å². The quantitative estimate of drug-likeness (QED) is 0.719. The van der Waals surface area contributed by atoms with E-state index in [2.05, 4.69) is 0 Å². The molecule has 0 bridgehead atoms. The van der Waals surface area contributed by atoms with Crippen molar-refractivity contribution in [2.45, 2.75) is 32.2 Å². The van der Waals surface area contributed by atoms with E-state index in [1.165, 1.54) is 4.31 Å². The molecule has 0 spiro atoms. The molecule has 0 aromatic carbocycles. The molecule has 2 atom stereocenters. The van der Waals surface area contributed by atoms with E-state index < -0.39 is 16.0 Å². The number of nitrogens with two attached hydrogens (primary N) is 1. The number of sulfonamides is 1. The predicted molar refractivity (Wildman–Crippen MR) is 64.0 cm³/mol. The molecule has 0 aromatic rings. The maximum absolute atomic E-state index is 11.9. The van der Waals surface area contributed by atoms with Crippen molar-refractivity contribution in [1.29, 1.82) is 0 Å². The largest absolute Gasteiger partial charge is 0.481 e. The molecule has 0 saturated carbocycles. The highest BCUT2D eigenvalue weighted by molar-refractivity contribution is 7.89. The zero-order valence-corrected chi connectivity index (χ0v) is 10.8. The molecule has 1 saturated heterocycles. The van der Waals surface area contributed by atoms with E-state index in [1.54, 1.807) is 0 Å². The smallest absolute Gasteiger partial charge is 0.304 e. The molecule has 1 rings (SSSR count). The molecular weight excluding hydrogens is 244 g/mol. The minimum absolute atomic E-state index is 0.0347. The van der Waals surface area contributed by atoms with Gasteiger partial charge in [0.05, 0.1) is 12.2 Å². The highest BCUT2D eigenvalue weighted by atomic mass is 32.2. The number of aliphatic carboxylic acids is 1. The fourth-order valence-corrected chi connectivity index (χ4v) is 3.52. The van der Waals surface area contributed by atoms with E-state index in [0.29, 0.717) is 13.1 Å². The van der Waals surface area contributed by atoms with Gasteiger partial charge in [0.1, 0.15) is 0 Å². The summed E-state index contributed by atoms with van der Waals surface area (Å²) >= 11 is 0. The van der Waals surface area contributed by atoms with Crippen LogP contribution < -0.4 is 5.73 Å². The number of hydrogen-bond acceptors (Lipinski definition) is 4. The number of nitrogens with zero attached hydrogens (tertiary/aromatic N) is 1. The highest BCUT2D eigenvalue weighted by Gasteiger charge is 2.30. The van der Waals surface area contributed by atoms with Crippen molar-refractivity contribution in [1.82, 2.24) is 4.31 Å². The lowest BCUT2D eigenvalue weighted by Crippen LogP contribution is -2.45. The monoisotopic (exact) mass is 264 g/mol. The van der Waals surface area contributed by atoms with Gasteiger partial charge in [-0.1, -0.05) is 0 Å². The van der Waals surface area contributed by atoms with Crippen molar-refractivity contribution in [3.63, 3.8) is 0 Å². The SMILES string of the molecule is CC(N)C1CCCN(S(=O)(=O)CCC(=O)O)C1. The summed E-state index contributed by atoms with van der Waals surface area (Å²) in [6.07, 6.45) is 1.38. The van der Waals surface area contributed by atoms with Crippen molar-refractivity contribution >= 4 is 16.0 Å². The molecule has 100 valence electrons. The third-order valence-electron chi connectivity index (χ3n) is 3.13.